The third-order valence-electron chi connectivity index (χ3n) is 1.15. The van der Waals surface area contributed by atoms with Gasteiger partial charge < -0.3 is 5.73 Å². The fraction of sp³-hybridized carbons (Fsp3) is 0. The van der Waals surface area contributed by atoms with Crippen LogP contribution in [0.2, 0.25) is 0 Å². The molecule has 0 spiro atoms. The van der Waals surface area contributed by atoms with Crippen LogP contribution < -0.4 is 5.73 Å². The minimum atomic E-state index is 0.662. The fourth-order valence-electron chi connectivity index (χ4n) is 0.717. The molecule has 0 unspecified atom stereocenters. The van der Waals surface area contributed by atoms with Crippen LogP contribution in [0.1, 0.15) is 5.56 Å². The van der Waals surface area contributed by atoms with Crippen LogP contribution >= 0.6 is 0 Å². The van der Waals surface area contributed by atoms with Gasteiger partial charge in [0.1, 0.15) is 0 Å². The summed E-state index contributed by atoms with van der Waals surface area (Å²) in [7, 11) is 0. The zero-order valence-electron chi connectivity index (χ0n) is 5.83. The van der Waals surface area contributed by atoms with Crippen molar-refractivity contribution >= 4 is 5.69 Å². The molecule has 0 bridgehead atoms. The SMILES string of the molecule is N#CC#Cc1cccc(N)c1. The van der Waals surface area contributed by atoms with E-state index in [1.54, 1.807) is 30.3 Å². The van der Waals surface area contributed by atoms with E-state index in [-0.39, 0.29) is 0 Å². The zero-order chi connectivity index (χ0) is 8.10. The normalized spacial score (nSPS) is 7.55. The van der Waals surface area contributed by atoms with Crippen molar-refractivity contribution < 1.29 is 0 Å². The van der Waals surface area contributed by atoms with Gasteiger partial charge in [0, 0.05) is 17.2 Å². The maximum absolute atomic E-state index is 8.14. The van der Waals surface area contributed by atoms with Crippen LogP contribution in [0.25, 0.3) is 0 Å². The monoisotopic (exact) mass is 142 g/mol. The first-order valence-corrected chi connectivity index (χ1v) is 3.08. The van der Waals surface area contributed by atoms with Crippen molar-refractivity contribution in [2.45, 2.75) is 0 Å². The van der Waals surface area contributed by atoms with Crippen molar-refractivity contribution in [2.75, 3.05) is 5.73 Å². The highest BCUT2D eigenvalue weighted by molar-refractivity contribution is 5.48. The van der Waals surface area contributed by atoms with Crippen molar-refractivity contribution in [3.8, 4) is 17.9 Å². The van der Waals surface area contributed by atoms with Gasteiger partial charge >= 0.3 is 0 Å². The molecule has 0 saturated carbocycles. The van der Waals surface area contributed by atoms with Crippen LogP contribution in [-0.2, 0) is 0 Å². The molecule has 2 heteroatoms. The van der Waals surface area contributed by atoms with Crippen molar-refractivity contribution in [3.63, 3.8) is 0 Å². The highest BCUT2D eigenvalue weighted by Crippen LogP contribution is 2.03. The first kappa shape index (κ1) is 7.18. The Morgan fingerprint density at radius 1 is 1.36 bits per heavy atom. The Labute approximate surface area is 65.3 Å². The molecule has 0 amide bonds. The van der Waals surface area contributed by atoms with E-state index in [0.717, 1.165) is 5.56 Å². The van der Waals surface area contributed by atoms with Crippen molar-refractivity contribution in [1.29, 1.82) is 5.26 Å². The van der Waals surface area contributed by atoms with E-state index in [4.69, 9.17) is 11.0 Å². The summed E-state index contributed by atoms with van der Waals surface area (Å²) >= 11 is 0. The molecule has 0 radical (unpaired) electrons. The maximum Gasteiger partial charge on any atom is 0.152 e. The lowest BCUT2D eigenvalue weighted by Gasteiger charge is -1.90. The summed E-state index contributed by atoms with van der Waals surface area (Å²) in [6.07, 6.45) is 0. The van der Waals surface area contributed by atoms with Crippen LogP contribution in [0.5, 0.6) is 0 Å². The summed E-state index contributed by atoms with van der Waals surface area (Å²) < 4.78 is 0. The number of nitrogens with zero attached hydrogens (tertiary/aromatic N) is 1. The number of hydrogen-bond acceptors (Lipinski definition) is 2. The lowest BCUT2D eigenvalue weighted by Crippen LogP contribution is -1.83. The Hall–Kier alpha value is -1.93. The van der Waals surface area contributed by atoms with Crippen molar-refractivity contribution in [2.24, 2.45) is 0 Å². The third kappa shape index (κ3) is 2.04. The molecule has 1 aromatic carbocycles. The van der Waals surface area contributed by atoms with Gasteiger partial charge in [-0.1, -0.05) is 12.0 Å². The minimum Gasteiger partial charge on any atom is -0.399 e. The summed E-state index contributed by atoms with van der Waals surface area (Å²) in [4.78, 5) is 0. The van der Waals surface area contributed by atoms with E-state index < -0.39 is 0 Å². The topological polar surface area (TPSA) is 49.8 Å². The van der Waals surface area contributed by atoms with Crippen LogP contribution in [0.4, 0.5) is 5.69 Å². The van der Waals surface area contributed by atoms with Crippen molar-refractivity contribution in [3.05, 3.63) is 29.8 Å². The van der Waals surface area contributed by atoms with Crippen LogP contribution in [0.15, 0.2) is 24.3 Å². The van der Waals surface area contributed by atoms with Gasteiger partial charge in [-0.2, -0.15) is 5.26 Å². The first-order chi connectivity index (χ1) is 5.33. The van der Waals surface area contributed by atoms with Crippen molar-refractivity contribution in [1.82, 2.24) is 0 Å². The lowest BCUT2D eigenvalue weighted by molar-refractivity contribution is 1.55. The summed E-state index contributed by atoms with van der Waals surface area (Å²) in [5, 5.41) is 8.14. The molecule has 0 aliphatic heterocycles. The fourth-order valence-corrected chi connectivity index (χ4v) is 0.717. The average Bonchev–Trinajstić information content (AvgIpc) is 2.01. The molecule has 52 valence electrons. The minimum absolute atomic E-state index is 0.662. The molecule has 1 aromatic rings. The maximum atomic E-state index is 8.14. The second-order valence-electron chi connectivity index (χ2n) is 1.99. The summed E-state index contributed by atoms with van der Waals surface area (Å²) in [5.74, 6) is 4.94. The first-order valence-electron chi connectivity index (χ1n) is 3.08. The van der Waals surface area contributed by atoms with Gasteiger partial charge in [0.15, 0.2) is 6.07 Å². The Morgan fingerprint density at radius 2 is 2.18 bits per heavy atom. The number of nitrogen functional groups attached to an aromatic ring is 1. The summed E-state index contributed by atoms with van der Waals surface area (Å²) in [6.45, 7) is 0. The molecular formula is C9H6N2. The van der Waals surface area contributed by atoms with Gasteiger partial charge in [0.25, 0.3) is 0 Å². The molecule has 0 aliphatic rings. The molecule has 0 heterocycles. The molecule has 11 heavy (non-hydrogen) atoms. The zero-order valence-corrected chi connectivity index (χ0v) is 5.83. The summed E-state index contributed by atoms with van der Waals surface area (Å²) in [5.41, 5.74) is 6.91. The molecule has 1 rings (SSSR count). The highest BCUT2D eigenvalue weighted by Gasteiger charge is 1.85. The molecule has 0 atom stereocenters. The summed E-state index contributed by atoms with van der Waals surface area (Å²) in [6, 6.07) is 8.84. The van der Waals surface area contributed by atoms with Crippen LogP contribution in [-0.4, -0.2) is 0 Å². The van der Waals surface area contributed by atoms with E-state index >= 15 is 0 Å². The molecule has 0 aliphatic carbocycles. The third-order valence-corrected chi connectivity index (χ3v) is 1.15. The Kier molecular flexibility index (Phi) is 2.15. The quantitative estimate of drug-likeness (QED) is 0.436. The number of hydrogen-bond donors (Lipinski definition) is 1. The van der Waals surface area contributed by atoms with Gasteiger partial charge in [-0.25, -0.2) is 0 Å². The van der Waals surface area contributed by atoms with E-state index in [2.05, 4.69) is 11.8 Å². The van der Waals surface area contributed by atoms with E-state index in [9.17, 15) is 0 Å². The van der Waals surface area contributed by atoms with Gasteiger partial charge in [0.2, 0.25) is 0 Å². The van der Waals surface area contributed by atoms with Crippen LogP contribution in [0.3, 0.4) is 0 Å². The predicted octanol–water partition coefficient (Wildman–Crippen LogP) is 1.14. The van der Waals surface area contributed by atoms with Gasteiger partial charge in [-0.15, -0.1) is 0 Å². The molecule has 0 fully saturated rings. The second kappa shape index (κ2) is 3.29. The number of rotatable bonds is 0. The lowest BCUT2D eigenvalue weighted by atomic mass is 10.2. The predicted molar refractivity (Wildman–Crippen MR) is 43.3 cm³/mol. The standard InChI is InChI=1S/C9H6N2/c10-6-2-4-8-3-1-5-9(11)7-8/h1,3,5,7H,11H2. The number of anilines is 1. The number of benzene rings is 1. The highest BCUT2D eigenvalue weighted by atomic mass is 14.5. The number of nitrogens with two attached hydrogens (primary N) is 1. The molecule has 0 saturated heterocycles. The smallest absolute Gasteiger partial charge is 0.152 e. The van der Waals surface area contributed by atoms with Gasteiger partial charge in [-0.05, 0) is 18.2 Å². The Morgan fingerprint density at radius 3 is 2.82 bits per heavy atom. The Balaban J connectivity index is 2.99. The van der Waals surface area contributed by atoms with Crippen LogP contribution in [0, 0.1) is 23.2 Å². The molecule has 0 aromatic heterocycles. The van der Waals surface area contributed by atoms with E-state index in [0.29, 0.717) is 5.69 Å². The van der Waals surface area contributed by atoms with Gasteiger partial charge in [-0.3, -0.25) is 0 Å². The van der Waals surface area contributed by atoms with Gasteiger partial charge in [0.05, 0.1) is 0 Å². The number of nitriles is 1. The largest absolute Gasteiger partial charge is 0.399 e. The Bertz CT molecular complexity index is 350. The van der Waals surface area contributed by atoms with E-state index in [1.165, 1.54) is 0 Å². The molecule has 2 N–H and O–H groups in total. The second-order valence-corrected chi connectivity index (χ2v) is 1.99. The van der Waals surface area contributed by atoms with E-state index in [1.807, 2.05) is 0 Å². The molecule has 2 nitrogen and oxygen atoms in total. The average molecular weight is 142 g/mol. The molecular weight excluding hydrogens is 136 g/mol.